The molecule has 34 heavy (non-hydrogen) atoms. The largest absolute Gasteiger partial charge is 0.533 e. The van der Waals surface area contributed by atoms with Crippen LogP contribution >= 0.6 is 23.6 Å². The van der Waals surface area contributed by atoms with Crippen LogP contribution in [-0.4, -0.2) is 39.4 Å². The van der Waals surface area contributed by atoms with Crippen LogP contribution in [0.2, 0.25) is 5.02 Å². The standard InChI is InChI=1S/C21H14ClF3N6O2S/c22-15-3-1-14(2-4-15)19-18(30-11-13(9-26)10-27-30)12-31(29-19)20(32)28-16-5-7-17(8-6-16)34-33-21(23,24)25/h1-8,10-11,18H,12H2,(H,28,32). The molecule has 1 aliphatic rings. The average Bonchev–Trinajstić information content (AvgIpc) is 3.46. The number of urea groups is 1. The predicted molar refractivity (Wildman–Crippen MR) is 119 cm³/mol. The van der Waals surface area contributed by atoms with Gasteiger partial charge in [0.05, 0.1) is 24.0 Å². The number of hydrazone groups is 1. The number of alkyl halides is 3. The van der Waals surface area contributed by atoms with Crippen molar-refractivity contribution in [1.82, 2.24) is 14.8 Å². The molecule has 1 N–H and O–H groups in total. The highest BCUT2D eigenvalue weighted by atomic mass is 35.5. The van der Waals surface area contributed by atoms with Gasteiger partial charge in [-0.3, -0.25) is 4.68 Å². The molecule has 1 aliphatic heterocycles. The lowest BCUT2D eigenvalue weighted by Crippen LogP contribution is -2.31. The summed E-state index contributed by atoms with van der Waals surface area (Å²) in [5.41, 5.74) is 2.00. The van der Waals surface area contributed by atoms with Crippen molar-refractivity contribution >= 4 is 41.1 Å². The van der Waals surface area contributed by atoms with Gasteiger partial charge in [-0.05, 0) is 36.4 Å². The van der Waals surface area contributed by atoms with Gasteiger partial charge in [-0.25, -0.2) is 14.0 Å². The van der Waals surface area contributed by atoms with Gasteiger partial charge in [0, 0.05) is 39.4 Å². The molecule has 4 rings (SSSR count). The average molecular weight is 507 g/mol. The van der Waals surface area contributed by atoms with Crippen molar-refractivity contribution in [3.63, 3.8) is 0 Å². The number of rotatable bonds is 5. The maximum absolute atomic E-state index is 12.9. The van der Waals surface area contributed by atoms with Crippen molar-refractivity contribution in [3.8, 4) is 6.07 Å². The molecule has 0 spiro atoms. The van der Waals surface area contributed by atoms with Crippen LogP contribution in [-0.2, 0) is 4.18 Å². The first-order valence-corrected chi connectivity index (χ1v) is 10.7. The fraction of sp³-hybridized carbons (Fsp3) is 0.143. The number of aromatic nitrogens is 2. The van der Waals surface area contributed by atoms with Crippen LogP contribution in [0.5, 0.6) is 0 Å². The minimum absolute atomic E-state index is 0.143. The lowest BCUT2D eigenvalue weighted by atomic mass is 10.0. The highest BCUT2D eigenvalue weighted by Crippen LogP contribution is 2.30. The zero-order chi connectivity index (χ0) is 24.3. The number of nitrogens with one attached hydrogen (secondary N) is 1. The van der Waals surface area contributed by atoms with Gasteiger partial charge in [0.1, 0.15) is 12.1 Å². The summed E-state index contributed by atoms with van der Waals surface area (Å²) in [5, 5.41) is 22.2. The number of carbonyl (C=O) groups is 1. The summed E-state index contributed by atoms with van der Waals surface area (Å²) in [6.45, 7) is 0.143. The summed E-state index contributed by atoms with van der Waals surface area (Å²) in [7, 11) is 0. The molecule has 2 amide bonds. The first-order chi connectivity index (χ1) is 16.2. The Balaban J connectivity index is 1.51. The lowest BCUT2D eigenvalue weighted by molar-refractivity contribution is -0.266. The van der Waals surface area contributed by atoms with E-state index in [0.717, 1.165) is 5.56 Å². The minimum atomic E-state index is -4.76. The number of halogens is 4. The fourth-order valence-corrected chi connectivity index (χ4v) is 3.70. The molecule has 0 radical (unpaired) electrons. The first-order valence-electron chi connectivity index (χ1n) is 9.61. The molecule has 1 atom stereocenters. The van der Waals surface area contributed by atoms with Gasteiger partial charge in [-0.15, -0.1) is 13.2 Å². The third-order valence-electron chi connectivity index (χ3n) is 4.65. The van der Waals surface area contributed by atoms with Crippen LogP contribution in [0, 0.1) is 11.3 Å². The quantitative estimate of drug-likeness (QED) is 0.465. The molecule has 8 nitrogen and oxygen atoms in total. The Bertz CT molecular complexity index is 1260. The second-order valence-corrected chi connectivity index (χ2v) is 8.22. The van der Waals surface area contributed by atoms with Gasteiger partial charge in [-0.2, -0.15) is 15.5 Å². The van der Waals surface area contributed by atoms with Crippen molar-refractivity contribution in [1.29, 1.82) is 5.26 Å². The molecule has 1 aromatic heterocycles. The summed E-state index contributed by atoms with van der Waals surface area (Å²) < 4.78 is 41.8. The molecule has 3 aromatic rings. The number of carbonyl (C=O) groups excluding carboxylic acids is 1. The van der Waals surface area contributed by atoms with Crippen LogP contribution < -0.4 is 5.32 Å². The van der Waals surface area contributed by atoms with Crippen molar-refractivity contribution < 1.29 is 22.1 Å². The van der Waals surface area contributed by atoms with E-state index >= 15 is 0 Å². The number of benzene rings is 2. The zero-order valence-electron chi connectivity index (χ0n) is 17.0. The van der Waals surface area contributed by atoms with Crippen molar-refractivity contribution in [2.24, 2.45) is 5.10 Å². The van der Waals surface area contributed by atoms with E-state index in [1.807, 2.05) is 6.07 Å². The van der Waals surface area contributed by atoms with Gasteiger partial charge in [0.25, 0.3) is 0 Å². The molecule has 0 saturated carbocycles. The molecule has 1 unspecified atom stereocenters. The number of hydrogen-bond donors (Lipinski definition) is 1. The third kappa shape index (κ3) is 5.69. The Hall–Kier alpha value is -3.53. The number of nitrogens with zero attached hydrogens (tertiary/aromatic N) is 5. The normalized spacial score (nSPS) is 15.7. The summed E-state index contributed by atoms with van der Waals surface area (Å²) in [6.07, 6.45) is -1.77. The van der Waals surface area contributed by atoms with E-state index in [9.17, 15) is 18.0 Å². The van der Waals surface area contributed by atoms with E-state index in [-0.39, 0.29) is 23.5 Å². The van der Waals surface area contributed by atoms with Crippen molar-refractivity contribution in [3.05, 3.63) is 77.1 Å². The van der Waals surface area contributed by atoms with Gasteiger partial charge in [-0.1, -0.05) is 23.7 Å². The van der Waals surface area contributed by atoms with Gasteiger partial charge >= 0.3 is 12.4 Å². The van der Waals surface area contributed by atoms with Crippen LogP contribution in [0.25, 0.3) is 0 Å². The molecule has 174 valence electrons. The van der Waals surface area contributed by atoms with Gasteiger partial charge in [0.2, 0.25) is 0 Å². The molecule has 0 bridgehead atoms. The van der Waals surface area contributed by atoms with E-state index in [1.165, 1.54) is 35.5 Å². The number of anilines is 1. The number of amides is 2. The maximum atomic E-state index is 12.9. The molecule has 13 heteroatoms. The molecular weight excluding hydrogens is 493 g/mol. The molecular formula is C21H14ClF3N6O2S. The van der Waals surface area contributed by atoms with Crippen molar-refractivity contribution in [2.45, 2.75) is 17.3 Å². The second kappa shape index (κ2) is 9.76. The molecule has 2 heterocycles. The number of nitriles is 1. The summed E-state index contributed by atoms with van der Waals surface area (Å²) in [4.78, 5) is 13.1. The van der Waals surface area contributed by atoms with E-state index in [1.54, 1.807) is 35.1 Å². The fourth-order valence-electron chi connectivity index (χ4n) is 3.14. The Labute approximate surface area is 200 Å². The summed E-state index contributed by atoms with van der Waals surface area (Å²) in [5.74, 6) is 0. The number of hydrogen-bond acceptors (Lipinski definition) is 6. The smallest absolute Gasteiger partial charge is 0.306 e. The maximum Gasteiger partial charge on any atom is 0.533 e. The van der Waals surface area contributed by atoms with E-state index in [0.29, 0.717) is 22.0 Å². The van der Waals surface area contributed by atoms with Crippen LogP contribution in [0.15, 0.2) is 70.9 Å². The van der Waals surface area contributed by atoms with Crippen LogP contribution in [0.3, 0.4) is 0 Å². The van der Waals surface area contributed by atoms with Crippen molar-refractivity contribution in [2.75, 3.05) is 11.9 Å². The van der Waals surface area contributed by atoms with Crippen LogP contribution in [0.4, 0.5) is 23.7 Å². The molecule has 2 aromatic carbocycles. The zero-order valence-corrected chi connectivity index (χ0v) is 18.6. The first kappa shape index (κ1) is 23.6. The van der Waals surface area contributed by atoms with Gasteiger partial charge < -0.3 is 5.32 Å². The highest BCUT2D eigenvalue weighted by Gasteiger charge is 2.33. The third-order valence-corrected chi connectivity index (χ3v) is 5.64. The van der Waals surface area contributed by atoms with Gasteiger partial charge in [0.15, 0.2) is 0 Å². The molecule has 0 saturated heterocycles. The monoisotopic (exact) mass is 506 g/mol. The second-order valence-electron chi connectivity index (χ2n) is 6.98. The van der Waals surface area contributed by atoms with Crippen LogP contribution in [0.1, 0.15) is 17.2 Å². The SMILES string of the molecule is N#Cc1cnn(C2CN(C(=O)Nc3ccc(SOC(F)(F)F)cc3)N=C2c2ccc(Cl)cc2)c1. The Morgan fingerprint density at radius 1 is 1.21 bits per heavy atom. The Morgan fingerprint density at radius 2 is 1.91 bits per heavy atom. The Kier molecular flexibility index (Phi) is 6.78. The van der Waals surface area contributed by atoms with E-state index < -0.39 is 18.4 Å². The van der Waals surface area contributed by atoms with E-state index in [2.05, 4.69) is 19.7 Å². The highest BCUT2D eigenvalue weighted by molar-refractivity contribution is 7.94. The summed E-state index contributed by atoms with van der Waals surface area (Å²) in [6, 6.07) is 13.6. The lowest BCUT2D eigenvalue weighted by Gasteiger charge is -2.16. The summed E-state index contributed by atoms with van der Waals surface area (Å²) >= 11 is 6.15. The Morgan fingerprint density at radius 3 is 2.53 bits per heavy atom. The molecule has 0 fully saturated rings. The predicted octanol–water partition coefficient (Wildman–Crippen LogP) is 5.44. The topological polar surface area (TPSA) is 95.5 Å². The minimum Gasteiger partial charge on any atom is -0.306 e. The molecule has 0 aliphatic carbocycles. The van der Waals surface area contributed by atoms with E-state index in [4.69, 9.17) is 16.9 Å².